The quantitative estimate of drug-likeness (QED) is 0.855. The van der Waals surface area contributed by atoms with E-state index >= 15 is 0 Å². The number of hydrogen-bond donors (Lipinski definition) is 2. The highest BCUT2D eigenvalue weighted by Crippen LogP contribution is 2.18. The number of nitrogens with zero attached hydrogens (tertiary/aromatic N) is 1. The van der Waals surface area contributed by atoms with Gasteiger partial charge in [-0.2, -0.15) is 0 Å². The molecule has 1 aromatic carbocycles. The van der Waals surface area contributed by atoms with Gasteiger partial charge in [-0.1, -0.05) is 18.2 Å². The molecule has 1 saturated heterocycles. The number of benzene rings is 1. The van der Waals surface area contributed by atoms with Crippen LogP contribution in [0.1, 0.15) is 25.3 Å². The van der Waals surface area contributed by atoms with Crippen molar-refractivity contribution in [1.29, 1.82) is 0 Å². The van der Waals surface area contributed by atoms with Gasteiger partial charge < -0.3 is 15.0 Å². The molecule has 2 heterocycles. The molecule has 1 atom stereocenters. The van der Waals surface area contributed by atoms with Gasteiger partial charge in [0.15, 0.2) is 0 Å². The summed E-state index contributed by atoms with van der Waals surface area (Å²) in [7, 11) is 1.77. The molecule has 130 valence electrons. The Bertz CT molecular complexity index is 674. The van der Waals surface area contributed by atoms with Gasteiger partial charge in [0.25, 0.3) is 0 Å². The Kier molecular flexibility index (Phi) is 5.53. The number of likely N-dealkylation sites (tertiary alicyclic amines) is 1. The second-order valence-electron chi connectivity index (χ2n) is 6.55. The number of amides is 1. The summed E-state index contributed by atoms with van der Waals surface area (Å²) < 4.78 is 5.39. The van der Waals surface area contributed by atoms with E-state index in [0.29, 0.717) is 12.6 Å². The average Bonchev–Trinajstić information content (AvgIpc) is 3.04. The van der Waals surface area contributed by atoms with E-state index in [1.54, 1.807) is 7.11 Å². The first kappa shape index (κ1) is 17.0. The molecular weight excluding hydrogens is 302 g/mol. The van der Waals surface area contributed by atoms with Crippen LogP contribution in [0.2, 0.25) is 0 Å². The van der Waals surface area contributed by atoms with Gasteiger partial charge >= 0.3 is 0 Å². The molecular formula is C19H27N3O2. The van der Waals surface area contributed by atoms with Crippen LogP contribution in [0.4, 0.5) is 0 Å². The van der Waals surface area contributed by atoms with E-state index in [9.17, 15) is 4.79 Å². The van der Waals surface area contributed by atoms with Gasteiger partial charge in [0.05, 0.1) is 12.1 Å². The number of piperidine rings is 1. The van der Waals surface area contributed by atoms with Crippen molar-refractivity contribution in [2.45, 2.75) is 38.3 Å². The van der Waals surface area contributed by atoms with Crippen LogP contribution in [0, 0.1) is 0 Å². The van der Waals surface area contributed by atoms with Crippen LogP contribution in [0.5, 0.6) is 0 Å². The van der Waals surface area contributed by atoms with Gasteiger partial charge in [-0.25, -0.2) is 0 Å². The van der Waals surface area contributed by atoms with Crippen molar-refractivity contribution in [3.05, 3.63) is 36.0 Å². The van der Waals surface area contributed by atoms with E-state index in [2.05, 4.69) is 27.3 Å². The Labute approximate surface area is 143 Å². The zero-order chi connectivity index (χ0) is 16.9. The van der Waals surface area contributed by atoms with Gasteiger partial charge in [0, 0.05) is 43.8 Å². The Hall–Kier alpha value is -1.85. The van der Waals surface area contributed by atoms with Crippen LogP contribution >= 0.6 is 0 Å². The first-order chi connectivity index (χ1) is 11.7. The van der Waals surface area contributed by atoms with Gasteiger partial charge in [-0.15, -0.1) is 0 Å². The summed E-state index contributed by atoms with van der Waals surface area (Å²) in [6.07, 6.45) is 5.23. The molecule has 0 radical (unpaired) electrons. The predicted octanol–water partition coefficient (Wildman–Crippen LogP) is 2.33. The number of nitrogens with one attached hydrogen (secondary N) is 2. The minimum Gasteiger partial charge on any atom is -0.381 e. The third-order valence-corrected chi connectivity index (χ3v) is 5.11. The lowest BCUT2D eigenvalue weighted by molar-refractivity contribution is -0.126. The minimum atomic E-state index is -0.0780. The minimum absolute atomic E-state index is 0.0780. The molecule has 24 heavy (non-hydrogen) atoms. The molecule has 3 rings (SSSR count). The molecule has 5 nitrogen and oxygen atoms in total. The number of ether oxygens (including phenoxy) is 1. The predicted molar refractivity (Wildman–Crippen MR) is 96.1 cm³/mol. The molecule has 0 aliphatic carbocycles. The Morgan fingerprint density at radius 2 is 2.12 bits per heavy atom. The maximum atomic E-state index is 12.4. The van der Waals surface area contributed by atoms with Crippen LogP contribution in [0.15, 0.2) is 30.5 Å². The number of rotatable bonds is 6. The zero-order valence-electron chi connectivity index (χ0n) is 14.5. The zero-order valence-corrected chi connectivity index (χ0v) is 14.5. The van der Waals surface area contributed by atoms with E-state index in [0.717, 1.165) is 37.9 Å². The van der Waals surface area contributed by atoms with Crippen molar-refractivity contribution in [2.75, 3.05) is 26.7 Å². The largest absolute Gasteiger partial charge is 0.381 e. The molecule has 0 bridgehead atoms. The van der Waals surface area contributed by atoms with Crippen molar-refractivity contribution in [3.8, 4) is 0 Å². The summed E-state index contributed by atoms with van der Waals surface area (Å²) in [6, 6.07) is 8.18. The molecule has 1 aliphatic heterocycles. The summed E-state index contributed by atoms with van der Waals surface area (Å²) in [4.78, 5) is 17.9. The number of para-hydroxylation sites is 1. The topological polar surface area (TPSA) is 57.4 Å². The van der Waals surface area contributed by atoms with E-state index in [1.165, 1.54) is 10.9 Å². The van der Waals surface area contributed by atoms with Crippen molar-refractivity contribution < 1.29 is 9.53 Å². The molecule has 1 amide bonds. The number of aromatic nitrogens is 1. The van der Waals surface area contributed by atoms with Gasteiger partial charge in [-0.05, 0) is 37.8 Å². The highest BCUT2D eigenvalue weighted by Gasteiger charge is 2.26. The third kappa shape index (κ3) is 3.79. The Morgan fingerprint density at radius 3 is 2.88 bits per heavy atom. The second-order valence-corrected chi connectivity index (χ2v) is 6.55. The average molecular weight is 329 g/mol. The lowest BCUT2D eigenvalue weighted by atomic mass is 10.1. The van der Waals surface area contributed by atoms with Crippen molar-refractivity contribution in [1.82, 2.24) is 15.2 Å². The number of hydrogen-bond acceptors (Lipinski definition) is 3. The third-order valence-electron chi connectivity index (χ3n) is 5.11. The molecule has 1 unspecified atom stereocenters. The van der Waals surface area contributed by atoms with Crippen molar-refractivity contribution in [2.24, 2.45) is 0 Å². The second kappa shape index (κ2) is 7.81. The summed E-state index contributed by atoms with van der Waals surface area (Å²) in [5.41, 5.74) is 2.40. The van der Waals surface area contributed by atoms with Crippen molar-refractivity contribution >= 4 is 16.8 Å². The van der Waals surface area contributed by atoms with Crippen LogP contribution in [0.3, 0.4) is 0 Å². The lowest BCUT2D eigenvalue weighted by Gasteiger charge is -2.34. The number of aromatic amines is 1. The number of methoxy groups -OCH3 is 1. The van der Waals surface area contributed by atoms with Gasteiger partial charge in [0.2, 0.25) is 5.91 Å². The normalized spacial score (nSPS) is 17.9. The maximum Gasteiger partial charge on any atom is 0.237 e. The van der Waals surface area contributed by atoms with E-state index in [1.807, 2.05) is 25.3 Å². The van der Waals surface area contributed by atoms with Crippen LogP contribution < -0.4 is 5.32 Å². The van der Waals surface area contributed by atoms with E-state index < -0.39 is 0 Å². The molecule has 5 heteroatoms. The first-order valence-electron chi connectivity index (χ1n) is 8.78. The molecule has 2 aromatic rings. The lowest BCUT2D eigenvalue weighted by Crippen LogP contribution is -2.49. The fourth-order valence-electron chi connectivity index (χ4n) is 3.47. The molecule has 1 aromatic heterocycles. The molecule has 0 spiro atoms. The summed E-state index contributed by atoms with van der Waals surface area (Å²) >= 11 is 0. The molecule has 2 N–H and O–H groups in total. The van der Waals surface area contributed by atoms with Crippen molar-refractivity contribution in [3.63, 3.8) is 0 Å². The molecule has 0 saturated carbocycles. The summed E-state index contributed by atoms with van der Waals surface area (Å²) in [6.45, 7) is 4.51. The molecule has 1 aliphatic rings. The number of H-pyrrole nitrogens is 1. The fraction of sp³-hybridized carbons (Fsp3) is 0.526. The maximum absolute atomic E-state index is 12.4. The van der Waals surface area contributed by atoms with Gasteiger partial charge in [-0.3, -0.25) is 9.69 Å². The number of fused-ring (bicyclic) bond motifs is 1. The fourth-order valence-corrected chi connectivity index (χ4v) is 3.47. The first-order valence-corrected chi connectivity index (χ1v) is 8.78. The summed E-state index contributed by atoms with van der Waals surface area (Å²) in [5, 5.41) is 4.32. The highest BCUT2D eigenvalue weighted by molar-refractivity contribution is 5.83. The number of carbonyl (C=O) groups is 1. The van der Waals surface area contributed by atoms with Crippen LogP contribution in [-0.2, 0) is 16.0 Å². The molecule has 1 fully saturated rings. The summed E-state index contributed by atoms with van der Waals surface area (Å²) in [5.74, 6) is 0.116. The smallest absolute Gasteiger partial charge is 0.237 e. The van der Waals surface area contributed by atoms with E-state index in [4.69, 9.17) is 4.74 Å². The van der Waals surface area contributed by atoms with Crippen LogP contribution in [-0.4, -0.2) is 54.7 Å². The SMILES string of the molecule is COC1CCN(C(C)C(=O)NCCc2c[nH]c3ccccc23)CC1. The van der Waals surface area contributed by atoms with Crippen LogP contribution in [0.25, 0.3) is 10.9 Å². The Morgan fingerprint density at radius 1 is 1.38 bits per heavy atom. The Balaban J connectivity index is 1.47. The van der Waals surface area contributed by atoms with E-state index in [-0.39, 0.29) is 11.9 Å². The standard InChI is InChI=1S/C19H27N3O2/c1-14(22-11-8-16(24-2)9-12-22)19(23)20-10-7-15-13-21-18-6-4-3-5-17(15)18/h3-6,13-14,16,21H,7-12H2,1-2H3,(H,20,23). The van der Waals surface area contributed by atoms with Gasteiger partial charge in [0.1, 0.15) is 0 Å². The monoisotopic (exact) mass is 329 g/mol. The number of carbonyl (C=O) groups excluding carboxylic acids is 1. The highest BCUT2D eigenvalue weighted by atomic mass is 16.5.